The number of anilines is 1. The van der Waals surface area contributed by atoms with E-state index in [1.165, 1.54) is 24.1 Å². The molecule has 0 spiro atoms. The van der Waals surface area contributed by atoms with Gasteiger partial charge in [0, 0.05) is 18.3 Å². The standard InChI is InChI=1S/C15H24N2O/c1-2-15(16)12-6-8-13(9-7-12)17-10-4-3-5-14(17)11-18/h6-9,14-15,18H,2-5,10-11,16H2,1H3. The van der Waals surface area contributed by atoms with Gasteiger partial charge in [-0.3, -0.25) is 0 Å². The fourth-order valence-corrected chi connectivity index (χ4v) is 2.68. The highest BCUT2D eigenvalue weighted by molar-refractivity contribution is 5.49. The molecule has 18 heavy (non-hydrogen) atoms. The first-order chi connectivity index (χ1) is 8.76. The van der Waals surface area contributed by atoms with Crippen LogP contribution in [0.3, 0.4) is 0 Å². The van der Waals surface area contributed by atoms with Gasteiger partial charge in [-0.1, -0.05) is 19.1 Å². The minimum atomic E-state index is 0.133. The maximum absolute atomic E-state index is 9.44. The lowest BCUT2D eigenvalue weighted by molar-refractivity contribution is 0.240. The monoisotopic (exact) mass is 248 g/mol. The molecule has 0 saturated carbocycles. The van der Waals surface area contributed by atoms with Crippen LogP contribution < -0.4 is 10.6 Å². The summed E-state index contributed by atoms with van der Waals surface area (Å²) < 4.78 is 0. The van der Waals surface area contributed by atoms with Gasteiger partial charge in [0.25, 0.3) is 0 Å². The molecule has 0 amide bonds. The van der Waals surface area contributed by atoms with Crippen LogP contribution in [0.4, 0.5) is 5.69 Å². The van der Waals surface area contributed by atoms with Gasteiger partial charge < -0.3 is 15.7 Å². The number of aliphatic hydroxyl groups excluding tert-OH is 1. The SMILES string of the molecule is CCC(N)c1ccc(N2CCCCC2CO)cc1. The summed E-state index contributed by atoms with van der Waals surface area (Å²) in [6.07, 6.45) is 4.49. The maximum atomic E-state index is 9.44. The number of nitrogens with zero attached hydrogens (tertiary/aromatic N) is 1. The lowest BCUT2D eigenvalue weighted by Gasteiger charge is -2.36. The Balaban J connectivity index is 2.12. The highest BCUT2D eigenvalue weighted by atomic mass is 16.3. The van der Waals surface area contributed by atoms with Gasteiger partial charge in [-0.15, -0.1) is 0 Å². The van der Waals surface area contributed by atoms with Crippen LogP contribution in [0.15, 0.2) is 24.3 Å². The number of hydrogen-bond acceptors (Lipinski definition) is 3. The molecule has 3 N–H and O–H groups in total. The van der Waals surface area contributed by atoms with E-state index in [1.54, 1.807) is 0 Å². The Morgan fingerprint density at radius 3 is 2.67 bits per heavy atom. The number of hydrogen-bond donors (Lipinski definition) is 2. The second-order valence-corrected chi connectivity index (χ2v) is 5.13. The Hall–Kier alpha value is -1.06. The molecule has 0 radical (unpaired) electrons. The first-order valence-corrected chi connectivity index (χ1v) is 6.99. The van der Waals surface area contributed by atoms with Crippen molar-refractivity contribution in [1.82, 2.24) is 0 Å². The van der Waals surface area contributed by atoms with E-state index in [2.05, 4.69) is 36.1 Å². The summed E-state index contributed by atoms with van der Waals surface area (Å²) in [7, 11) is 0. The first-order valence-electron chi connectivity index (χ1n) is 6.99. The van der Waals surface area contributed by atoms with Crippen LogP contribution in [0.2, 0.25) is 0 Å². The van der Waals surface area contributed by atoms with Crippen molar-refractivity contribution < 1.29 is 5.11 Å². The Morgan fingerprint density at radius 1 is 1.33 bits per heavy atom. The molecule has 1 aliphatic heterocycles. The summed E-state index contributed by atoms with van der Waals surface area (Å²) in [6.45, 7) is 3.39. The summed E-state index contributed by atoms with van der Waals surface area (Å²) in [6, 6.07) is 8.93. The smallest absolute Gasteiger partial charge is 0.0635 e. The van der Waals surface area contributed by atoms with E-state index in [1.807, 2.05) is 0 Å². The van der Waals surface area contributed by atoms with E-state index < -0.39 is 0 Å². The third-order valence-electron chi connectivity index (χ3n) is 3.93. The third-order valence-corrected chi connectivity index (χ3v) is 3.93. The quantitative estimate of drug-likeness (QED) is 0.860. The van der Waals surface area contributed by atoms with Gasteiger partial charge in [0.2, 0.25) is 0 Å². The van der Waals surface area contributed by atoms with Gasteiger partial charge in [-0.2, -0.15) is 0 Å². The van der Waals surface area contributed by atoms with Gasteiger partial charge in [0.15, 0.2) is 0 Å². The molecule has 2 atom stereocenters. The van der Waals surface area contributed by atoms with Gasteiger partial charge in [-0.25, -0.2) is 0 Å². The van der Waals surface area contributed by atoms with Crippen LogP contribution in [0, 0.1) is 0 Å². The summed E-state index contributed by atoms with van der Waals surface area (Å²) >= 11 is 0. The Morgan fingerprint density at radius 2 is 2.06 bits per heavy atom. The van der Waals surface area contributed by atoms with Crippen molar-refractivity contribution in [1.29, 1.82) is 0 Å². The van der Waals surface area contributed by atoms with Crippen LogP contribution >= 0.6 is 0 Å². The highest BCUT2D eigenvalue weighted by Crippen LogP contribution is 2.26. The molecule has 1 heterocycles. The van der Waals surface area contributed by atoms with Crippen molar-refractivity contribution in [3.8, 4) is 0 Å². The van der Waals surface area contributed by atoms with Crippen molar-refractivity contribution in [3.63, 3.8) is 0 Å². The Labute approximate surface area is 110 Å². The van der Waals surface area contributed by atoms with Gasteiger partial charge in [-0.05, 0) is 43.4 Å². The summed E-state index contributed by atoms with van der Waals surface area (Å²) in [5, 5.41) is 9.44. The van der Waals surface area contributed by atoms with Gasteiger partial charge in [0.1, 0.15) is 0 Å². The molecule has 1 aromatic rings. The molecule has 100 valence electrons. The average Bonchev–Trinajstić information content (AvgIpc) is 2.46. The van der Waals surface area contributed by atoms with Crippen LogP contribution in [0.25, 0.3) is 0 Å². The Bertz CT molecular complexity index is 363. The van der Waals surface area contributed by atoms with E-state index in [4.69, 9.17) is 5.73 Å². The third kappa shape index (κ3) is 2.85. The van der Waals surface area contributed by atoms with Crippen molar-refractivity contribution in [3.05, 3.63) is 29.8 Å². The number of piperidine rings is 1. The number of aliphatic hydroxyl groups is 1. The summed E-state index contributed by atoms with van der Waals surface area (Å²) in [4.78, 5) is 2.32. The van der Waals surface area contributed by atoms with E-state index in [9.17, 15) is 5.11 Å². The van der Waals surface area contributed by atoms with E-state index in [-0.39, 0.29) is 18.7 Å². The molecule has 0 bridgehead atoms. The molecule has 1 aromatic carbocycles. The summed E-state index contributed by atoms with van der Waals surface area (Å²) in [5.41, 5.74) is 8.43. The largest absolute Gasteiger partial charge is 0.394 e. The minimum absolute atomic E-state index is 0.133. The highest BCUT2D eigenvalue weighted by Gasteiger charge is 2.21. The van der Waals surface area contributed by atoms with Crippen LogP contribution in [-0.2, 0) is 0 Å². The van der Waals surface area contributed by atoms with E-state index in [0.29, 0.717) is 0 Å². The van der Waals surface area contributed by atoms with Crippen molar-refractivity contribution in [2.75, 3.05) is 18.1 Å². The lowest BCUT2D eigenvalue weighted by atomic mass is 10.0. The topological polar surface area (TPSA) is 49.5 Å². The van der Waals surface area contributed by atoms with Crippen LogP contribution in [0.1, 0.15) is 44.2 Å². The molecule has 3 nitrogen and oxygen atoms in total. The van der Waals surface area contributed by atoms with Gasteiger partial charge >= 0.3 is 0 Å². The van der Waals surface area contributed by atoms with Gasteiger partial charge in [0.05, 0.1) is 12.6 Å². The van der Waals surface area contributed by atoms with Crippen molar-refractivity contribution >= 4 is 5.69 Å². The molecule has 1 fully saturated rings. The fraction of sp³-hybridized carbons (Fsp3) is 0.600. The second-order valence-electron chi connectivity index (χ2n) is 5.13. The predicted octanol–water partition coefficient (Wildman–Crippen LogP) is 2.45. The van der Waals surface area contributed by atoms with Crippen molar-refractivity contribution in [2.45, 2.75) is 44.7 Å². The predicted molar refractivity (Wildman–Crippen MR) is 75.7 cm³/mol. The maximum Gasteiger partial charge on any atom is 0.0635 e. The molecular formula is C15H24N2O. The molecular weight excluding hydrogens is 224 g/mol. The molecule has 0 aliphatic carbocycles. The molecule has 2 unspecified atom stereocenters. The molecule has 0 aromatic heterocycles. The Kier molecular flexibility index (Phi) is 4.61. The van der Waals surface area contributed by atoms with E-state index in [0.717, 1.165) is 19.4 Å². The molecule has 2 rings (SSSR count). The average molecular weight is 248 g/mol. The minimum Gasteiger partial charge on any atom is -0.394 e. The number of rotatable bonds is 4. The molecule has 3 heteroatoms. The zero-order chi connectivity index (χ0) is 13.0. The number of benzene rings is 1. The normalized spacial score (nSPS) is 21.9. The molecule has 1 saturated heterocycles. The second kappa shape index (κ2) is 6.21. The lowest BCUT2D eigenvalue weighted by Crippen LogP contribution is -2.41. The first kappa shape index (κ1) is 13.4. The fourth-order valence-electron chi connectivity index (χ4n) is 2.68. The summed E-state index contributed by atoms with van der Waals surface area (Å²) in [5.74, 6) is 0. The van der Waals surface area contributed by atoms with Crippen molar-refractivity contribution in [2.24, 2.45) is 5.73 Å². The molecule has 1 aliphatic rings. The number of nitrogens with two attached hydrogens (primary N) is 1. The zero-order valence-electron chi connectivity index (χ0n) is 11.2. The van der Waals surface area contributed by atoms with Crippen LogP contribution in [0.5, 0.6) is 0 Å². The van der Waals surface area contributed by atoms with E-state index >= 15 is 0 Å². The zero-order valence-corrected chi connectivity index (χ0v) is 11.2. The van der Waals surface area contributed by atoms with Crippen LogP contribution in [-0.4, -0.2) is 24.3 Å².